The van der Waals surface area contributed by atoms with Gasteiger partial charge in [-0.2, -0.15) is 0 Å². The Morgan fingerprint density at radius 3 is 2.65 bits per heavy atom. The minimum Gasteiger partial charge on any atom is -0.504 e. The first-order valence-electron chi connectivity index (χ1n) is 14.9. The van der Waals surface area contributed by atoms with Gasteiger partial charge in [-0.25, -0.2) is 0 Å². The number of rotatable bonds is 11. The largest absolute Gasteiger partial charge is 0.504 e. The first-order chi connectivity index (χ1) is 19.3. The lowest BCUT2D eigenvalue weighted by Gasteiger charge is -2.42. The molecule has 8 heteroatoms. The summed E-state index contributed by atoms with van der Waals surface area (Å²) in [5.41, 5.74) is 1.63. The zero-order valence-corrected chi connectivity index (χ0v) is 23.6. The molecule has 1 aliphatic heterocycles. The Balaban J connectivity index is 1.39. The van der Waals surface area contributed by atoms with Crippen molar-refractivity contribution in [2.75, 3.05) is 26.9 Å². The molecule has 0 radical (unpaired) electrons. The standard InChI is InChI=1S/C32H45NO7/c1-40-32-16-22-7-10-30(38)26(9-6-21(12-14-35)27(22)18-31(32)39)29(37)4-2-3-20(11-13-34)24-15-23-5-8-25(36)17-28(23)33-19-24/h16,18,20-21,23-24,26,28-29,33-35,37,39H,2-5,7-8,10-15,17,19H2,1H3/t20-,21+,23+,24-,26-,28-,29-/m1/s1. The molecule has 2 aliphatic carbocycles. The number of ketones is 2. The van der Waals surface area contributed by atoms with Crippen molar-refractivity contribution >= 4 is 11.6 Å². The molecule has 0 amide bonds. The van der Waals surface area contributed by atoms with Crippen LogP contribution in [0.5, 0.6) is 11.5 Å². The first-order valence-corrected chi connectivity index (χ1v) is 14.9. The van der Waals surface area contributed by atoms with Crippen molar-refractivity contribution in [3.8, 4) is 23.3 Å². The van der Waals surface area contributed by atoms with E-state index in [4.69, 9.17) is 4.74 Å². The van der Waals surface area contributed by atoms with E-state index < -0.39 is 12.0 Å². The maximum Gasteiger partial charge on any atom is 0.160 e. The highest BCUT2D eigenvalue weighted by atomic mass is 16.5. The highest BCUT2D eigenvalue weighted by molar-refractivity contribution is 5.85. The van der Waals surface area contributed by atoms with Gasteiger partial charge in [0.05, 0.1) is 13.2 Å². The molecule has 0 bridgehead atoms. The minimum absolute atomic E-state index is 0.00811. The summed E-state index contributed by atoms with van der Waals surface area (Å²) in [7, 11) is 1.48. The van der Waals surface area contributed by atoms with Crippen LogP contribution >= 0.6 is 0 Å². The minimum atomic E-state index is -0.896. The molecule has 1 heterocycles. The number of fused-ring (bicyclic) bond motifs is 2. The van der Waals surface area contributed by atoms with Crippen molar-refractivity contribution in [2.45, 2.75) is 88.7 Å². The third kappa shape index (κ3) is 7.44. The van der Waals surface area contributed by atoms with Crippen molar-refractivity contribution in [2.24, 2.45) is 23.7 Å². The summed E-state index contributed by atoms with van der Waals surface area (Å²) in [5, 5.41) is 44.5. The van der Waals surface area contributed by atoms with E-state index in [2.05, 4.69) is 17.2 Å². The summed E-state index contributed by atoms with van der Waals surface area (Å²) in [6.45, 7) is 0.879. The lowest BCUT2D eigenvalue weighted by atomic mass is 9.71. The molecular weight excluding hydrogens is 510 g/mol. The number of Topliss-reactive ketones (excluding diaryl/α,β-unsaturated/α-hetero) is 2. The van der Waals surface area contributed by atoms with Gasteiger partial charge in [0.25, 0.3) is 0 Å². The van der Waals surface area contributed by atoms with Gasteiger partial charge < -0.3 is 30.5 Å². The van der Waals surface area contributed by atoms with Crippen LogP contribution in [0.4, 0.5) is 0 Å². The molecule has 7 atom stereocenters. The molecule has 0 spiro atoms. The molecule has 220 valence electrons. The van der Waals surface area contributed by atoms with Gasteiger partial charge in [0, 0.05) is 44.4 Å². The zero-order valence-electron chi connectivity index (χ0n) is 23.6. The van der Waals surface area contributed by atoms with Crippen LogP contribution in [-0.2, 0) is 16.0 Å². The van der Waals surface area contributed by atoms with Crippen LogP contribution in [0.1, 0.15) is 81.3 Å². The fraction of sp³-hybridized carbons (Fsp3) is 0.688. The molecular formula is C32H45NO7. The number of nitrogens with one attached hydrogen (secondary N) is 1. The number of aliphatic hydroxyl groups excluding tert-OH is 3. The summed E-state index contributed by atoms with van der Waals surface area (Å²) in [4.78, 5) is 25.0. The maximum atomic E-state index is 13.2. The number of aliphatic hydroxyl groups is 3. The Morgan fingerprint density at radius 2 is 1.90 bits per heavy atom. The van der Waals surface area contributed by atoms with Gasteiger partial charge >= 0.3 is 0 Å². The number of piperidine rings is 1. The van der Waals surface area contributed by atoms with E-state index in [1.807, 2.05) is 0 Å². The van der Waals surface area contributed by atoms with Crippen molar-refractivity contribution < 1.29 is 34.8 Å². The zero-order chi connectivity index (χ0) is 28.6. The third-order valence-corrected chi connectivity index (χ3v) is 9.32. The highest BCUT2D eigenvalue weighted by Gasteiger charge is 2.37. The number of ether oxygens (including phenoxy) is 1. The molecule has 8 nitrogen and oxygen atoms in total. The van der Waals surface area contributed by atoms with Gasteiger partial charge in [-0.3, -0.25) is 9.59 Å². The molecule has 1 aromatic rings. The van der Waals surface area contributed by atoms with E-state index in [1.54, 1.807) is 12.1 Å². The Kier molecular flexibility index (Phi) is 11.0. The average molecular weight is 556 g/mol. The van der Waals surface area contributed by atoms with Crippen LogP contribution in [0.25, 0.3) is 0 Å². The fourth-order valence-corrected chi connectivity index (χ4v) is 7.01. The van der Waals surface area contributed by atoms with Crippen LogP contribution in [0.3, 0.4) is 0 Å². The van der Waals surface area contributed by atoms with E-state index in [1.165, 1.54) is 7.11 Å². The molecule has 1 saturated heterocycles. The van der Waals surface area contributed by atoms with Gasteiger partial charge in [0.1, 0.15) is 11.7 Å². The summed E-state index contributed by atoms with van der Waals surface area (Å²) in [6, 6.07) is 3.63. The molecule has 4 rings (SSSR count). The number of phenols is 1. The number of benzene rings is 1. The van der Waals surface area contributed by atoms with Crippen molar-refractivity contribution in [3.63, 3.8) is 0 Å². The van der Waals surface area contributed by atoms with E-state index in [0.29, 0.717) is 67.8 Å². The van der Waals surface area contributed by atoms with Crippen molar-refractivity contribution in [1.82, 2.24) is 5.32 Å². The monoisotopic (exact) mass is 555 g/mol. The lowest BCUT2D eigenvalue weighted by molar-refractivity contribution is -0.124. The van der Waals surface area contributed by atoms with E-state index in [9.17, 15) is 30.0 Å². The second kappa shape index (κ2) is 14.5. The first kappa shape index (κ1) is 30.5. The highest BCUT2D eigenvalue weighted by Crippen LogP contribution is 2.38. The number of carbonyl (C=O) groups excluding carboxylic acids is 2. The Bertz CT molecular complexity index is 1090. The number of methoxy groups -OCH3 is 1. The second-order valence-corrected chi connectivity index (χ2v) is 11.8. The van der Waals surface area contributed by atoms with E-state index in [-0.39, 0.29) is 43.1 Å². The summed E-state index contributed by atoms with van der Waals surface area (Å²) >= 11 is 0. The smallest absolute Gasteiger partial charge is 0.160 e. The predicted octanol–water partition coefficient (Wildman–Crippen LogP) is 2.88. The van der Waals surface area contributed by atoms with Crippen molar-refractivity contribution in [1.29, 1.82) is 0 Å². The molecule has 1 saturated carbocycles. The number of aromatic hydroxyl groups is 1. The molecule has 0 unspecified atom stereocenters. The lowest BCUT2D eigenvalue weighted by Crippen LogP contribution is -2.50. The van der Waals surface area contributed by atoms with Gasteiger partial charge in [0.2, 0.25) is 0 Å². The van der Waals surface area contributed by atoms with Gasteiger partial charge in [-0.15, -0.1) is 0 Å². The predicted molar refractivity (Wildman–Crippen MR) is 151 cm³/mol. The number of carbonyl (C=O) groups is 2. The molecule has 1 aromatic carbocycles. The third-order valence-electron chi connectivity index (χ3n) is 9.32. The molecule has 5 N–H and O–H groups in total. The average Bonchev–Trinajstić information content (AvgIpc) is 3.00. The topological polar surface area (TPSA) is 136 Å². The van der Waals surface area contributed by atoms with E-state index >= 15 is 0 Å². The van der Waals surface area contributed by atoms with Crippen LogP contribution < -0.4 is 10.1 Å². The Morgan fingerprint density at radius 1 is 1.07 bits per heavy atom. The Hall–Kier alpha value is -2.44. The van der Waals surface area contributed by atoms with Gasteiger partial charge in [-0.1, -0.05) is 18.3 Å². The van der Waals surface area contributed by atoms with Crippen molar-refractivity contribution in [3.05, 3.63) is 23.3 Å². The molecule has 3 aliphatic rings. The van der Waals surface area contributed by atoms with Crippen LogP contribution in [0, 0.1) is 35.5 Å². The summed E-state index contributed by atoms with van der Waals surface area (Å²) < 4.78 is 5.26. The Labute approximate surface area is 237 Å². The SMILES string of the molecule is COc1cc2c(cc1O)[C@H](CCO)C#C[C@H]([C@H](O)CCC[C@H](CCO)[C@H]1CN[C@@H]3CC(=O)CC[C@H]3C1)C(=O)CC2. The molecule has 2 fully saturated rings. The number of hydrogen-bond acceptors (Lipinski definition) is 8. The van der Waals surface area contributed by atoms with Crippen LogP contribution in [0.15, 0.2) is 12.1 Å². The molecule has 0 aromatic heterocycles. The van der Waals surface area contributed by atoms with Crippen LogP contribution in [-0.4, -0.2) is 71.0 Å². The quantitative estimate of drug-likeness (QED) is 0.263. The number of phenolic OH excluding ortho intramolecular Hbond substituents is 1. The maximum absolute atomic E-state index is 13.2. The van der Waals surface area contributed by atoms with Crippen LogP contribution in [0.2, 0.25) is 0 Å². The second-order valence-electron chi connectivity index (χ2n) is 11.8. The summed E-state index contributed by atoms with van der Waals surface area (Å²) in [6.07, 6.45) is 6.15. The summed E-state index contributed by atoms with van der Waals surface area (Å²) in [5.74, 6) is 6.82. The normalized spacial score (nSPS) is 28.1. The fourth-order valence-electron chi connectivity index (χ4n) is 7.01. The number of aryl methyl sites for hydroxylation is 1. The number of hydrogen-bond donors (Lipinski definition) is 5. The van der Waals surface area contributed by atoms with E-state index in [0.717, 1.165) is 43.4 Å². The van der Waals surface area contributed by atoms with Gasteiger partial charge in [-0.05, 0) is 92.5 Å². The van der Waals surface area contributed by atoms with Gasteiger partial charge in [0.15, 0.2) is 17.3 Å². The molecule has 40 heavy (non-hydrogen) atoms.